The highest BCUT2D eigenvalue weighted by atomic mass is 15.2. The normalized spacial score (nSPS) is 10.4. The second-order valence-corrected chi connectivity index (χ2v) is 4.31. The zero-order valence-electron chi connectivity index (χ0n) is 11.0. The van der Waals surface area contributed by atoms with Crippen LogP contribution in [-0.4, -0.2) is 17.0 Å². The van der Waals surface area contributed by atoms with E-state index in [1.807, 2.05) is 18.9 Å². The summed E-state index contributed by atoms with van der Waals surface area (Å²) in [6.45, 7) is 4.12. The fraction of sp³-hybridized carbons (Fsp3) is 0.286. The Hall–Kier alpha value is -2.10. The van der Waals surface area contributed by atoms with Crippen LogP contribution >= 0.6 is 0 Å². The number of aromatic nitrogens is 2. The lowest BCUT2D eigenvalue weighted by Crippen LogP contribution is -2.14. The van der Waals surface area contributed by atoms with Gasteiger partial charge in [0, 0.05) is 24.5 Å². The van der Waals surface area contributed by atoms with Gasteiger partial charge in [-0.1, -0.05) is 19.1 Å². The predicted octanol–water partition coefficient (Wildman–Crippen LogP) is 2.70. The lowest BCUT2D eigenvalue weighted by atomic mass is 10.1. The van der Waals surface area contributed by atoms with Gasteiger partial charge in [0.1, 0.15) is 5.82 Å². The summed E-state index contributed by atoms with van der Waals surface area (Å²) in [7, 11) is 1.98. The van der Waals surface area contributed by atoms with E-state index in [2.05, 4.69) is 41.2 Å². The molecule has 0 unspecified atom stereocenters. The Morgan fingerprint density at radius 1 is 1.22 bits per heavy atom. The first kappa shape index (κ1) is 12.4. The van der Waals surface area contributed by atoms with E-state index in [0.29, 0.717) is 5.95 Å². The molecule has 0 radical (unpaired) electrons. The van der Waals surface area contributed by atoms with E-state index in [1.165, 1.54) is 5.56 Å². The number of nitrogens with zero attached hydrogens (tertiary/aromatic N) is 3. The third-order valence-electron chi connectivity index (χ3n) is 3.01. The Kier molecular flexibility index (Phi) is 3.46. The molecule has 18 heavy (non-hydrogen) atoms. The average molecular weight is 242 g/mol. The van der Waals surface area contributed by atoms with Gasteiger partial charge in [0.2, 0.25) is 5.95 Å². The van der Waals surface area contributed by atoms with Gasteiger partial charge in [-0.25, -0.2) is 4.98 Å². The highest BCUT2D eigenvalue weighted by molar-refractivity contribution is 5.62. The molecule has 1 aromatic carbocycles. The van der Waals surface area contributed by atoms with E-state index in [9.17, 15) is 0 Å². The van der Waals surface area contributed by atoms with Crippen LogP contribution in [0.1, 0.15) is 18.1 Å². The number of hydrogen-bond acceptors (Lipinski definition) is 4. The summed E-state index contributed by atoms with van der Waals surface area (Å²) in [5.74, 6) is 1.14. The predicted molar refractivity (Wildman–Crippen MR) is 75.1 cm³/mol. The molecule has 0 saturated heterocycles. The third kappa shape index (κ3) is 2.42. The molecule has 0 spiro atoms. The van der Waals surface area contributed by atoms with Gasteiger partial charge in [0.25, 0.3) is 0 Å². The third-order valence-corrected chi connectivity index (χ3v) is 3.01. The van der Waals surface area contributed by atoms with E-state index >= 15 is 0 Å². The summed E-state index contributed by atoms with van der Waals surface area (Å²) < 4.78 is 0. The van der Waals surface area contributed by atoms with Crippen molar-refractivity contribution >= 4 is 17.5 Å². The molecular weight excluding hydrogens is 224 g/mol. The van der Waals surface area contributed by atoms with E-state index in [0.717, 1.165) is 23.5 Å². The maximum atomic E-state index is 5.64. The highest BCUT2D eigenvalue weighted by Crippen LogP contribution is 2.25. The molecule has 0 amide bonds. The Morgan fingerprint density at radius 2 is 1.89 bits per heavy atom. The van der Waals surface area contributed by atoms with Crippen molar-refractivity contribution in [2.75, 3.05) is 17.7 Å². The van der Waals surface area contributed by atoms with Gasteiger partial charge in [-0.3, -0.25) is 0 Å². The number of aryl methyl sites for hydroxylation is 2. The minimum Gasteiger partial charge on any atom is -0.368 e. The summed E-state index contributed by atoms with van der Waals surface area (Å²) in [5.41, 5.74) is 9.06. The van der Waals surface area contributed by atoms with Crippen LogP contribution in [-0.2, 0) is 6.42 Å². The zero-order chi connectivity index (χ0) is 13.1. The molecule has 0 saturated carbocycles. The number of nitrogen functional groups attached to an aromatic ring is 1. The first-order chi connectivity index (χ1) is 8.61. The molecular formula is C14H18N4. The van der Waals surface area contributed by atoms with Crippen LogP contribution in [0.15, 0.2) is 30.5 Å². The van der Waals surface area contributed by atoms with E-state index in [4.69, 9.17) is 5.73 Å². The molecule has 0 bridgehead atoms. The summed E-state index contributed by atoms with van der Waals surface area (Å²) in [6.07, 6.45) is 2.79. The molecule has 1 heterocycles. The molecule has 94 valence electrons. The maximum absolute atomic E-state index is 5.64. The largest absolute Gasteiger partial charge is 0.368 e. The second-order valence-electron chi connectivity index (χ2n) is 4.31. The van der Waals surface area contributed by atoms with Crippen molar-refractivity contribution in [3.8, 4) is 0 Å². The SMILES string of the molecule is CCc1ccc(N(C)c2nc(N)ncc2C)cc1. The molecule has 1 aromatic heterocycles. The first-order valence-corrected chi connectivity index (χ1v) is 6.03. The van der Waals surface area contributed by atoms with Gasteiger partial charge >= 0.3 is 0 Å². The van der Waals surface area contributed by atoms with Crippen LogP contribution in [0, 0.1) is 6.92 Å². The number of rotatable bonds is 3. The lowest BCUT2D eigenvalue weighted by Gasteiger charge is -2.20. The first-order valence-electron chi connectivity index (χ1n) is 6.03. The van der Waals surface area contributed by atoms with Crippen molar-refractivity contribution in [2.45, 2.75) is 20.3 Å². The standard InChI is InChI=1S/C14H18N4/c1-4-11-5-7-12(8-6-11)18(3)13-10(2)9-16-14(15)17-13/h5-9H,4H2,1-3H3,(H2,15,16,17). The van der Waals surface area contributed by atoms with Crippen LogP contribution in [0.4, 0.5) is 17.5 Å². The zero-order valence-corrected chi connectivity index (χ0v) is 11.0. The molecule has 4 heteroatoms. The molecule has 0 aliphatic heterocycles. The van der Waals surface area contributed by atoms with E-state index in [1.54, 1.807) is 6.20 Å². The van der Waals surface area contributed by atoms with Crippen molar-refractivity contribution in [1.82, 2.24) is 9.97 Å². The average Bonchev–Trinajstić information content (AvgIpc) is 2.41. The van der Waals surface area contributed by atoms with E-state index < -0.39 is 0 Å². The van der Waals surface area contributed by atoms with Crippen molar-refractivity contribution in [1.29, 1.82) is 0 Å². The van der Waals surface area contributed by atoms with Crippen LogP contribution in [0.2, 0.25) is 0 Å². The lowest BCUT2D eigenvalue weighted by molar-refractivity contribution is 1.06. The van der Waals surface area contributed by atoms with Crippen molar-refractivity contribution in [2.24, 2.45) is 0 Å². The Morgan fingerprint density at radius 3 is 2.50 bits per heavy atom. The molecule has 2 aromatic rings. The Balaban J connectivity index is 2.34. The molecule has 0 aliphatic rings. The fourth-order valence-electron chi connectivity index (χ4n) is 1.86. The summed E-state index contributed by atoms with van der Waals surface area (Å²) >= 11 is 0. The van der Waals surface area contributed by atoms with Crippen LogP contribution in [0.3, 0.4) is 0 Å². The van der Waals surface area contributed by atoms with Gasteiger partial charge < -0.3 is 10.6 Å². The monoisotopic (exact) mass is 242 g/mol. The molecule has 0 fully saturated rings. The van der Waals surface area contributed by atoms with Crippen LogP contribution < -0.4 is 10.6 Å². The maximum Gasteiger partial charge on any atom is 0.221 e. The summed E-state index contributed by atoms with van der Waals surface area (Å²) in [6, 6.07) is 8.45. The topological polar surface area (TPSA) is 55.0 Å². The molecule has 2 rings (SSSR count). The molecule has 0 aliphatic carbocycles. The molecule has 4 nitrogen and oxygen atoms in total. The highest BCUT2D eigenvalue weighted by Gasteiger charge is 2.09. The minimum absolute atomic E-state index is 0.299. The van der Waals surface area contributed by atoms with Gasteiger partial charge in [-0.2, -0.15) is 4.98 Å². The Labute approximate surface area is 107 Å². The van der Waals surface area contributed by atoms with Crippen molar-refractivity contribution in [3.63, 3.8) is 0 Å². The summed E-state index contributed by atoms with van der Waals surface area (Å²) in [4.78, 5) is 10.3. The number of nitrogens with two attached hydrogens (primary N) is 1. The Bertz CT molecular complexity index is 534. The number of benzene rings is 1. The second kappa shape index (κ2) is 5.04. The van der Waals surface area contributed by atoms with Crippen LogP contribution in [0.25, 0.3) is 0 Å². The summed E-state index contributed by atoms with van der Waals surface area (Å²) in [5, 5.41) is 0. The van der Waals surface area contributed by atoms with Gasteiger partial charge in [-0.15, -0.1) is 0 Å². The number of hydrogen-bond donors (Lipinski definition) is 1. The quantitative estimate of drug-likeness (QED) is 0.899. The van der Waals surface area contributed by atoms with Crippen molar-refractivity contribution < 1.29 is 0 Å². The smallest absolute Gasteiger partial charge is 0.221 e. The van der Waals surface area contributed by atoms with E-state index in [-0.39, 0.29) is 0 Å². The van der Waals surface area contributed by atoms with Gasteiger partial charge in [0.05, 0.1) is 0 Å². The molecule has 2 N–H and O–H groups in total. The van der Waals surface area contributed by atoms with Crippen LogP contribution in [0.5, 0.6) is 0 Å². The van der Waals surface area contributed by atoms with Crippen molar-refractivity contribution in [3.05, 3.63) is 41.6 Å². The minimum atomic E-state index is 0.299. The van der Waals surface area contributed by atoms with Gasteiger partial charge in [0.15, 0.2) is 0 Å². The fourth-order valence-corrected chi connectivity index (χ4v) is 1.86. The van der Waals surface area contributed by atoms with Gasteiger partial charge in [-0.05, 0) is 31.0 Å². The molecule has 0 atom stereocenters. The number of anilines is 3.